The van der Waals surface area contributed by atoms with E-state index in [1.807, 2.05) is 24.3 Å². The van der Waals surface area contributed by atoms with Gasteiger partial charge in [0.25, 0.3) is 0 Å². The predicted octanol–water partition coefficient (Wildman–Crippen LogP) is 2.99. The van der Waals surface area contributed by atoms with Crippen LogP contribution in [0, 0.1) is 0 Å². The average Bonchev–Trinajstić information content (AvgIpc) is 2.45. The third kappa shape index (κ3) is 4.18. The van der Waals surface area contributed by atoms with Gasteiger partial charge in [-0.2, -0.15) is 0 Å². The van der Waals surface area contributed by atoms with Crippen LogP contribution in [0.1, 0.15) is 17.5 Å². The molecule has 0 aliphatic carbocycles. The molecular formula is C17H20N2. The summed E-state index contributed by atoms with van der Waals surface area (Å²) >= 11 is 0. The Balaban J connectivity index is 2.00. The molecule has 2 rings (SSSR count). The molecule has 0 unspecified atom stereocenters. The Morgan fingerprint density at radius 2 is 1.26 bits per heavy atom. The van der Waals surface area contributed by atoms with Crippen LogP contribution in [0.5, 0.6) is 0 Å². The highest BCUT2D eigenvalue weighted by Gasteiger charge is 2.04. The lowest BCUT2D eigenvalue weighted by Gasteiger charge is -2.10. The normalized spacial score (nSPS) is 10.1. The predicted molar refractivity (Wildman–Crippen MR) is 80.3 cm³/mol. The highest BCUT2D eigenvalue weighted by Crippen LogP contribution is 2.15. The molecule has 0 aliphatic rings. The Bertz CT molecular complexity index is 526. The van der Waals surface area contributed by atoms with E-state index in [1.54, 1.807) is 0 Å². The fourth-order valence-electron chi connectivity index (χ4n) is 2.12. The van der Waals surface area contributed by atoms with E-state index in [2.05, 4.69) is 36.4 Å². The van der Waals surface area contributed by atoms with Crippen LogP contribution >= 0.6 is 0 Å². The summed E-state index contributed by atoms with van der Waals surface area (Å²) in [6, 6.07) is 20.7. The third-order valence-corrected chi connectivity index (χ3v) is 3.23. The van der Waals surface area contributed by atoms with Crippen LogP contribution < -0.4 is 11.5 Å². The standard InChI is InChI=1S/C17H20N2/c18-17(19)16(13-15-9-5-2-6-10-15)12-11-14-7-3-1-4-8-14/h1-10H,11-13,18-19H2. The summed E-state index contributed by atoms with van der Waals surface area (Å²) in [6.07, 6.45) is 2.71. The summed E-state index contributed by atoms with van der Waals surface area (Å²) in [5.74, 6) is 0.458. The Morgan fingerprint density at radius 1 is 0.737 bits per heavy atom. The van der Waals surface area contributed by atoms with Crippen molar-refractivity contribution in [2.75, 3.05) is 0 Å². The monoisotopic (exact) mass is 252 g/mol. The summed E-state index contributed by atoms with van der Waals surface area (Å²) < 4.78 is 0. The average molecular weight is 252 g/mol. The summed E-state index contributed by atoms with van der Waals surface area (Å²) in [5, 5.41) is 0. The van der Waals surface area contributed by atoms with E-state index in [1.165, 1.54) is 11.1 Å². The molecule has 4 N–H and O–H groups in total. The molecule has 0 bridgehead atoms. The first-order valence-corrected chi connectivity index (χ1v) is 6.56. The molecule has 0 fully saturated rings. The fourth-order valence-corrected chi connectivity index (χ4v) is 2.12. The van der Waals surface area contributed by atoms with Gasteiger partial charge in [0.1, 0.15) is 0 Å². The Labute approximate surface area is 114 Å². The second-order valence-corrected chi connectivity index (χ2v) is 4.71. The van der Waals surface area contributed by atoms with Gasteiger partial charge >= 0.3 is 0 Å². The van der Waals surface area contributed by atoms with Crippen molar-refractivity contribution >= 4 is 0 Å². The molecule has 2 aromatic carbocycles. The SMILES string of the molecule is NC(N)=C(CCc1ccccc1)Cc1ccccc1. The van der Waals surface area contributed by atoms with Gasteiger partial charge < -0.3 is 11.5 Å². The number of aryl methyl sites for hydroxylation is 1. The minimum Gasteiger partial charge on any atom is -0.386 e. The van der Waals surface area contributed by atoms with Crippen molar-refractivity contribution in [3.05, 3.63) is 83.2 Å². The summed E-state index contributed by atoms with van der Waals surface area (Å²) in [5.41, 5.74) is 15.3. The molecule has 2 heteroatoms. The topological polar surface area (TPSA) is 52.0 Å². The Morgan fingerprint density at radius 3 is 1.79 bits per heavy atom. The van der Waals surface area contributed by atoms with E-state index in [9.17, 15) is 0 Å². The summed E-state index contributed by atoms with van der Waals surface area (Å²) in [7, 11) is 0. The van der Waals surface area contributed by atoms with E-state index < -0.39 is 0 Å². The van der Waals surface area contributed by atoms with Gasteiger partial charge in [0.05, 0.1) is 5.82 Å². The van der Waals surface area contributed by atoms with Gasteiger partial charge in [-0.3, -0.25) is 0 Å². The lowest BCUT2D eigenvalue weighted by atomic mass is 9.98. The molecule has 0 atom stereocenters. The second kappa shape index (κ2) is 6.64. The molecule has 0 aliphatic heterocycles. The van der Waals surface area contributed by atoms with E-state index in [0.717, 1.165) is 24.8 Å². The van der Waals surface area contributed by atoms with Crippen molar-refractivity contribution in [2.24, 2.45) is 11.5 Å². The Kier molecular flexibility index (Phi) is 4.62. The largest absolute Gasteiger partial charge is 0.386 e. The number of rotatable bonds is 5. The fraction of sp³-hybridized carbons (Fsp3) is 0.176. The number of hydrogen-bond acceptors (Lipinski definition) is 2. The molecule has 0 amide bonds. The molecule has 2 aromatic rings. The highest BCUT2D eigenvalue weighted by molar-refractivity contribution is 5.25. The lowest BCUT2D eigenvalue weighted by molar-refractivity contribution is 0.869. The molecule has 0 aromatic heterocycles. The van der Waals surface area contributed by atoms with Crippen LogP contribution in [-0.2, 0) is 12.8 Å². The molecule has 0 saturated carbocycles. The summed E-state index contributed by atoms with van der Waals surface area (Å²) in [6.45, 7) is 0. The second-order valence-electron chi connectivity index (χ2n) is 4.71. The molecule has 0 radical (unpaired) electrons. The first-order valence-electron chi connectivity index (χ1n) is 6.56. The maximum Gasteiger partial charge on any atom is 0.0928 e. The first-order chi connectivity index (χ1) is 9.25. The zero-order chi connectivity index (χ0) is 13.5. The molecule has 98 valence electrons. The van der Waals surface area contributed by atoms with E-state index in [-0.39, 0.29) is 0 Å². The van der Waals surface area contributed by atoms with Crippen molar-refractivity contribution in [3.63, 3.8) is 0 Å². The van der Waals surface area contributed by atoms with Crippen LogP contribution in [0.3, 0.4) is 0 Å². The van der Waals surface area contributed by atoms with Crippen LogP contribution in [0.4, 0.5) is 0 Å². The van der Waals surface area contributed by atoms with Crippen molar-refractivity contribution in [3.8, 4) is 0 Å². The maximum absolute atomic E-state index is 5.81. The van der Waals surface area contributed by atoms with Crippen molar-refractivity contribution in [2.45, 2.75) is 19.3 Å². The van der Waals surface area contributed by atoms with Crippen LogP contribution in [0.15, 0.2) is 72.1 Å². The number of benzene rings is 2. The smallest absolute Gasteiger partial charge is 0.0928 e. The van der Waals surface area contributed by atoms with Gasteiger partial charge in [-0.05, 0) is 36.0 Å². The highest BCUT2D eigenvalue weighted by atomic mass is 14.8. The molecule has 0 spiro atoms. The van der Waals surface area contributed by atoms with Crippen molar-refractivity contribution in [1.82, 2.24) is 0 Å². The van der Waals surface area contributed by atoms with E-state index in [4.69, 9.17) is 11.5 Å². The zero-order valence-electron chi connectivity index (χ0n) is 11.0. The lowest BCUT2D eigenvalue weighted by Crippen LogP contribution is -2.14. The van der Waals surface area contributed by atoms with Gasteiger partial charge in [-0.1, -0.05) is 60.7 Å². The number of nitrogens with two attached hydrogens (primary N) is 2. The molecule has 0 saturated heterocycles. The van der Waals surface area contributed by atoms with E-state index >= 15 is 0 Å². The van der Waals surface area contributed by atoms with Crippen LogP contribution in [-0.4, -0.2) is 0 Å². The van der Waals surface area contributed by atoms with E-state index in [0.29, 0.717) is 5.82 Å². The Hall–Kier alpha value is -2.22. The molecule has 2 nitrogen and oxygen atoms in total. The minimum absolute atomic E-state index is 0.458. The van der Waals surface area contributed by atoms with Crippen molar-refractivity contribution in [1.29, 1.82) is 0 Å². The number of allylic oxidation sites excluding steroid dienone is 1. The molecular weight excluding hydrogens is 232 g/mol. The van der Waals surface area contributed by atoms with Crippen LogP contribution in [0.2, 0.25) is 0 Å². The summed E-state index contributed by atoms with van der Waals surface area (Å²) in [4.78, 5) is 0. The van der Waals surface area contributed by atoms with Crippen molar-refractivity contribution < 1.29 is 0 Å². The van der Waals surface area contributed by atoms with Crippen LogP contribution in [0.25, 0.3) is 0 Å². The number of hydrogen-bond donors (Lipinski definition) is 2. The molecule has 19 heavy (non-hydrogen) atoms. The quantitative estimate of drug-likeness (QED) is 0.859. The maximum atomic E-state index is 5.81. The van der Waals surface area contributed by atoms with Gasteiger partial charge in [0.2, 0.25) is 0 Å². The molecule has 0 heterocycles. The van der Waals surface area contributed by atoms with Gasteiger partial charge in [0, 0.05) is 0 Å². The zero-order valence-corrected chi connectivity index (χ0v) is 11.0. The first kappa shape index (κ1) is 13.2. The van der Waals surface area contributed by atoms with Gasteiger partial charge in [-0.15, -0.1) is 0 Å². The van der Waals surface area contributed by atoms with Gasteiger partial charge in [-0.25, -0.2) is 0 Å². The third-order valence-electron chi connectivity index (χ3n) is 3.23. The minimum atomic E-state index is 0.458. The van der Waals surface area contributed by atoms with Gasteiger partial charge in [0.15, 0.2) is 0 Å².